The van der Waals surface area contributed by atoms with Crippen molar-refractivity contribution in [2.75, 3.05) is 11.5 Å². The van der Waals surface area contributed by atoms with Gasteiger partial charge in [-0.05, 0) is 18.2 Å². The Morgan fingerprint density at radius 3 is 3.20 bits per heavy atom. The number of ether oxygens (including phenoxy) is 1. The van der Waals surface area contributed by atoms with E-state index < -0.39 is 5.91 Å². The predicted molar refractivity (Wildman–Crippen MR) is 59.1 cm³/mol. The Morgan fingerprint density at radius 2 is 2.53 bits per heavy atom. The van der Waals surface area contributed by atoms with Crippen molar-refractivity contribution in [3.05, 3.63) is 24.0 Å². The second-order valence-corrected chi connectivity index (χ2v) is 4.49. The molecule has 0 radical (unpaired) electrons. The fraction of sp³-hybridized carbons (Fsp3) is 0.400. The van der Waals surface area contributed by atoms with E-state index in [0.717, 1.165) is 17.9 Å². The van der Waals surface area contributed by atoms with Crippen molar-refractivity contribution in [3.8, 4) is 5.75 Å². The third-order valence-corrected chi connectivity index (χ3v) is 3.31. The monoisotopic (exact) mass is 224 g/mol. The van der Waals surface area contributed by atoms with Gasteiger partial charge in [-0.3, -0.25) is 9.78 Å². The Morgan fingerprint density at radius 1 is 1.67 bits per heavy atom. The quantitative estimate of drug-likeness (QED) is 0.834. The smallest absolute Gasteiger partial charge is 0.267 e. The summed E-state index contributed by atoms with van der Waals surface area (Å²) < 4.78 is 5.70. The number of rotatable bonds is 3. The molecule has 1 aliphatic rings. The molecule has 2 N–H and O–H groups in total. The van der Waals surface area contributed by atoms with Gasteiger partial charge in [0.15, 0.2) is 0 Å². The minimum absolute atomic E-state index is 0.248. The molecule has 2 rings (SSSR count). The van der Waals surface area contributed by atoms with Gasteiger partial charge in [-0.25, -0.2) is 0 Å². The van der Waals surface area contributed by atoms with Gasteiger partial charge >= 0.3 is 0 Å². The molecule has 1 unspecified atom stereocenters. The Kier molecular flexibility index (Phi) is 3.11. The molecule has 1 aromatic heterocycles. The van der Waals surface area contributed by atoms with E-state index in [9.17, 15) is 4.79 Å². The van der Waals surface area contributed by atoms with Gasteiger partial charge in [0.05, 0.1) is 0 Å². The summed E-state index contributed by atoms with van der Waals surface area (Å²) in [5.41, 5.74) is 5.38. The standard InChI is InChI=1S/C10H12N2O2S/c11-10(13)9-5-7(1-3-12-9)14-8-2-4-15-6-8/h1,3,5,8H,2,4,6H2,(H2,11,13). The first-order valence-electron chi connectivity index (χ1n) is 4.76. The van der Waals surface area contributed by atoms with Gasteiger partial charge in [0, 0.05) is 18.0 Å². The third-order valence-electron chi connectivity index (χ3n) is 2.17. The zero-order valence-electron chi connectivity index (χ0n) is 8.18. The van der Waals surface area contributed by atoms with Gasteiger partial charge in [-0.1, -0.05) is 0 Å². The number of nitrogens with zero attached hydrogens (tertiary/aromatic N) is 1. The molecule has 0 aromatic carbocycles. The third kappa shape index (κ3) is 2.62. The first-order chi connectivity index (χ1) is 7.25. The van der Waals surface area contributed by atoms with E-state index in [1.807, 2.05) is 11.8 Å². The minimum Gasteiger partial charge on any atom is -0.489 e. The number of carbonyl (C=O) groups is 1. The number of hydrogen-bond donors (Lipinski definition) is 1. The maximum atomic E-state index is 10.9. The van der Waals surface area contributed by atoms with Crippen LogP contribution in [0.1, 0.15) is 16.9 Å². The van der Waals surface area contributed by atoms with Crippen molar-refractivity contribution >= 4 is 17.7 Å². The van der Waals surface area contributed by atoms with Crippen LogP contribution in [0, 0.1) is 0 Å². The number of nitrogens with two attached hydrogens (primary N) is 1. The van der Waals surface area contributed by atoms with Crippen LogP contribution in [-0.4, -0.2) is 28.5 Å². The molecule has 0 bridgehead atoms. The lowest BCUT2D eigenvalue weighted by molar-refractivity contribution is 0.0994. The summed E-state index contributed by atoms with van der Waals surface area (Å²) >= 11 is 1.88. The molecule has 5 heteroatoms. The van der Waals surface area contributed by atoms with Crippen LogP contribution < -0.4 is 10.5 Å². The number of pyridine rings is 1. The number of amides is 1. The van der Waals surface area contributed by atoms with Gasteiger partial charge in [0.25, 0.3) is 5.91 Å². The normalized spacial score (nSPS) is 20.1. The molecule has 0 saturated carbocycles. The average molecular weight is 224 g/mol. The zero-order chi connectivity index (χ0) is 10.7. The lowest BCUT2D eigenvalue weighted by Gasteiger charge is -2.12. The minimum atomic E-state index is -0.527. The molecule has 1 aromatic rings. The summed E-state index contributed by atoms with van der Waals surface area (Å²) in [6, 6.07) is 3.33. The van der Waals surface area contributed by atoms with E-state index in [1.165, 1.54) is 6.20 Å². The largest absolute Gasteiger partial charge is 0.489 e. The molecule has 1 atom stereocenters. The lowest BCUT2D eigenvalue weighted by Crippen LogP contribution is -2.16. The van der Waals surface area contributed by atoms with Crippen LogP contribution >= 0.6 is 11.8 Å². The Balaban J connectivity index is 2.07. The summed E-state index contributed by atoms with van der Waals surface area (Å²) in [5, 5.41) is 0. The number of thioether (sulfide) groups is 1. The van der Waals surface area contributed by atoms with Crippen LogP contribution in [0.25, 0.3) is 0 Å². The highest BCUT2D eigenvalue weighted by molar-refractivity contribution is 7.99. The van der Waals surface area contributed by atoms with E-state index in [4.69, 9.17) is 10.5 Å². The number of carbonyl (C=O) groups excluding carboxylic acids is 1. The molecule has 2 heterocycles. The fourth-order valence-corrected chi connectivity index (χ4v) is 2.51. The van der Waals surface area contributed by atoms with E-state index in [2.05, 4.69) is 4.98 Å². The van der Waals surface area contributed by atoms with Gasteiger partial charge in [0.1, 0.15) is 17.5 Å². The topological polar surface area (TPSA) is 65.2 Å². The van der Waals surface area contributed by atoms with Crippen LogP contribution in [0.2, 0.25) is 0 Å². The highest BCUT2D eigenvalue weighted by atomic mass is 32.2. The van der Waals surface area contributed by atoms with Crippen LogP contribution in [0.5, 0.6) is 5.75 Å². The number of aromatic nitrogens is 1. The van der Waals surface area contributed by atoms with Crippen LogP contribution in [0.4, 0.5) is 0 Å². The van der Waals surface area contributed by atoms with E-state index >= 15 is 0 Å². The molecule has 0 spiro atoms. The second kappa shape index (κ2) is 4.53. The number of hydrogen-bond acceptors (Lipinski definition) is 4. The SMILES string of the molecule is NC(=O)c1cc(OC2CCSC2)ccn1. The van der Waals surface area contributed by atoms with Crippen LogP contribution in [-0.2, 0) is 0 Å². The lowest BCUT2D eigenvalue weighted by atomic mass is 10.3. The molecular formula is C10H12N2O2S. The first-order valence-corrected chi connectivity index (χ1v) is 5.91. The summed E-state index contributed by atoms with van der Waals surface area (Å²) in [6.07, 6.45) is 2.84. The highest BCUT2D eigenvalue weighted by Crippen LogP contribution is 2.22. The van der Waals surface area contributed by atoms with Crippen LogP contribution in [0.3, 0.4) is 0 Å². The van der Waals surface area contributed by atoms with E-state index in [0.29, 0.717) is 5.75 Å². The molecule has 15 heavy (non-hydrogen) atoms. The van der Waals surface area contributed by atoms with Crippen molar-refractivity contribution in [1.82, 2.24) is 4.98 Å². The molecule has 80 valence electrons. The summed E-state index contributed by atoms with van der Waals surface area (Å²) in [4.78, 5) is 14.7. The fourth-order valence-electron chi connectivity index (χ4n) is 1.42. The summed E-state index contributed by atoms with van der Waals surface area (Å²) in [6.45, 7) is 0. The molecular weight excluding hydrogens is 212 g/mol. The molecule has 4 nitrogen and oxygen atoms in total. The zero-order valence-corrected chi connectivity index (χ0v) is 9.00. The maximum Gasteiger partial charge on any atom is 0.267 e. The van der Waals surface area contributed by atoms with Crippen LogP contribution in [0.15, 0.2) is 18.3 Å². The van der Waals surface area contributed by atoms with Crippen molar-refractivity contribution in [3.63, 3.8) is 0 Å². The second-order valence-electron chi connectivity index (χ2n) is 3.34. The Labute approximate surface area is 92.2 Å². The molecule has 0 aliphatic carbocycles. The Hall–Kier alpha value is -1.23. The van der Waals surface area contributed by atoms with Crippen molar-refractivity contribution in [2.24, 2.45) is 5.73 Å². The van der Waals surface area contributed by atoms with Crippen molar-refractivity contribution in [1.29, 1.82) is 0 Å². The van der Waals surface area contributed by atoms with E-state index in [-0.39, 0.29) is 11.8 Å². The molecule has 1 amide bonds. The van der Waals surface area contributed by atoms with Crippen molar-refractivity contribution in [2.45, 2.75) is 12.5 Å². The van der Waals surface area contributed by atoms with Gasteiger partial charge in [0.2, 0.25) is 0 Å². The van der Waals surface area contributed by atoms with Gasteiger partial charge in [-0.15, -0.1) is 0 Å². The van der Waals surface area contributed by atoms with Gasteiger partial charge in [-0.2, -0.15) is 11.8 Å². The Bertz CT molecular complexity index is 364. The summed E-state index contributed by atoms with van der Waals surface area (Å²) in [7, 11) is 0. The average Bonchev–Trinajstić information content (AvgIpc) is 2.71. The predicted octanol–water partition coefficient (Wildman–Crippen LogP) is 1.06. The van der Waals surface area contributed by atoms with Crippen molar-refractivity contribution < 1.29 is 9.53 Å². The first kappa shape index (κ1) is 10.3. The highest BCUT2D eigenvalue weighted by Gasteiger charge is 2.17. The molecule has 1 fully saturated rings. The van der Waals surface area contributed by atoms with E-state index in [1.54, 1.807) is 12.1 Å². The maximum absolute atomic E-state index is 10.9. The number of primary amides is 1. The molecule has 1 saturated heterocycles. The summed E-state index contributed by atoms with van der Waals surface area (Å²) in [5.74, 6) is 2.29. The molecule has 1 aliphatic heterocycles. The van der Waals surface area contributed by atoms with Gasteiger partial charge < -0.3 is 10.5 Å².